The van der Waals surface area contributed by atoms with Gasteiger partial charge in [-0.15, -0.1) is 0 Å². The van der Waals surface area contributed by atoms with Crippen LogP contribution in [0.2, 0.25) is 36.3 Å². The van der Waals surface area contributed by atoms with Crippen molar-refractivity contribution < 1.29 is 18.7 Å². The summed E-state index contributed by atoms with van der Waals surface area (Å²) < 4.78 is 19.2. The summed E-state index contributed by atoms with van der Waals surface area (Å²) in [5, 5.41) is 10.4. The van der Waals surface area contributed by atoms with E-state index in [0.717, 1.165) is 13.0 Å². The Morgan fingerprint density at radius 2 is 1.46 bits per heavy atom. The molecule has 1 N–H and O–H groups in total. The van der Waals surface area contributed by atoms with E-state index in [1.807, 2.05) is 0 Å². The molecule has 0 aromatic rings. The standard InChI is InChI=1S/C20H42O4Si2/c1-19(2,3)25(7,8)22-13-15-14-11-18(21)23-16(14)12-17(15)24-26(9,10)20(4,5)6/h14-18,21H,11-13H2,1-10H3/t14-,15-,16+,17-,18?/m0/s1. The van der Waals surface area contributed by atoms with Crippen LogP contribution < -0.4 is 0 Å². The first-order chi connectivity index (χ1) is 11.6. The Balaban J connectivity index is 2.15. The molecule has 0 amide bonds. The topological polar surface area (TPSA) is 47.9 Å². The molecule has 4 nitrogen and oxygen atoms in total. The first kappa shape index (κ1) is 22.6. The number of hydrogen-bond donors (Lipinski definition) is 1. The van der Waals surface area contributed by atoms with E-state index < -0.39 is 22.9 Å². The zero-order valence-corrected chi connectivity index (χ0v) is 20.7. The summed E-state index contributed by atoms with van der Waals surface area (Å²) in [6.07, 6.45) is 1.29. The first-order valence-corrected chi connectivity index (χ1v) is 16.0. The van der Waals surface area contributed by atoms with Gasteiger partial charge in [0.25, 0.3) is 0 Å². The summed E-state index contributed by atoms with van der Waals surface area (Å²) >= 11 is 0. The first-order valence-electron chi connectivity index (χ1n) is 10.2. The Bertz CT molecular complexity index is 493. The monoisotopic (exact) mass is 402 g/mol. The molecule has 2 rings (SSSR count). The Morgan fingerprint density at radius 1 is 0.923 bits per heavy atom. The van der Waals surface area contributed by atoms with Crippen LogP contribution in [0.4, 0.5) is 0 Å². The van der Waals surface area contributed by atoms with E-state index in [9.17, 15) is 5.11 Å². The van der Waals surface area contributed by atoms with Gasteiger partial charge in [0.1, 0.15) is 0 Å². The number of fused-ring (bicyclic) bond motifs is 1. The fraction of sp³-hybridized carbons (Fsp3) is 1.00. The molecule has 2 aliphatic rings. The van der Waals surface area contributed by atoms with Gasteiger partial charge >= 0.3 is 0 Å². The smallest absolute Gasteiger partial charge is 0.192 e. The molecule has 0 aromatic heterocycles. The number of aliphatic hydroxyl groups is 1. The molecular formula is C20H42O4Si2. The molecule has 0 radical (unpaired) electrons. The summed E-state index contributed by atoms with van der Waals surface area (Å²) in [7, 11) is -3.66. The summed E-state index contributed by atoms with van der Waals surface area (Å²) in [5.74, 6) is 0.671. The third kappa shape index (κ3) is 4.63. The van der Waals surface area contributed by atoms with Gasteiger partial charge in [-0.3, -0.25) is 0 Å². The van der Waals surface area contributed by atoms with E-state index >= 15 is 0 Å². The van der Waals surface area contributed by atoms with Gasteiger partial charge in [0.05, 0.1) is 12.2 Å². The van der Waals surface area contributed by atoms with E-state index in [2.05, 4.69) is 67.7 Å². The molecule has 1 aliphatic carbocycles. The third-order valence-electron chi connectivity index (χ3n) is 7.47. The van der Waals surface area contributed by atoms with Crippen LogP contribution in [0.3, 0.4) is 0 Å². The molecule has 154 valence electrons. The molecule has 6 heteroatoms. The quantitative estimate of drug-likeness (QED) is 0.647. The van der Waals surface area contributed by atoms with Crippen molar-refractivity contribution in [2.75, 3.05) is 6.61 Å². The second-order valence-electron chi connectivity index (χ2n) is 11.4. The summed E-state index contributed by atoms with van der Waals surface area (Å²) in [6.45, 7) is 23.7. The Hall–Kier alpha value is 0.274. The highest BCUT2D eigenvalue weighted by molar-refractivity contribution is 6.74. The highest BCUT2D eigenvalue weighted by Crippen LogP contribution is 2.48. The van der Waals surface area contributed by atoms with Crippen molar-refractivity contribution in [3.8, 4) is 0 Å². The van der Waals surface area contributed by atoms with Crippen molar-refractivity contribution >= 4 is 16.6 Å². The number of rotatable bonds is 5. The largest absolute Gasteiger partial charge is 0.416 e. The van der Waals surface area contributed by atoms with E-state index in [1.165, 1.54) is 0 Å². The average molecular weight is 403 g/mol. The number of ether oxygens (including phenoxy) is 1. The minimum Gasteiger partial charge on any atom is -0.416 e. The Labute approximate surface area is 163 Å². The molecule has 26 heavy (non-hydrogen) atoms. The van der Waals surface area contributed by atoms with Crippen LogP contribution in [0.1, 0.15) is 54.4 Å². The van der Waals surface area contributed by atoms with Crippen molar-refractivity contribution in [2.45, 2.75) is 109 Å². The molecule has 2 fully saturated rings. The molecule has 1 heterocycles. The summed E-state index contributed by atoms with van der Waals surface area (Å²) in [5.41, 5.74) is 0. The van der Waals surface area contributed by atoms with Crippen LogP contribution in [0.25, 0.3) is 0 Å². The molecular weight excluding hydrogens is 360 g/mol. The van der Waals surface area contributed by atoms with E-state index in [4.69, 9.17) is 13.6 Å². The summed E-state index contributed by atoms with van der Waals surface area (Å²) in [6, 6.07) is 0. The van der Waals surface area contributed by atoms with Crippen molar-refractivity contribution in [1.82, 2.24) is 0 Å². The molecule has 1 unspecified atom stereocenters. The number of hydrogen-bond acceptors (Lipinski definition) is 4. The molecule has 1 aliphatic heterocycles. The van der Waals surface area contributed by atoms with Crippen LogP contribution in [0, 0.1) is 11.8 Å². The van der Waals surface area contributed by atoms with E-state index in [1.54, 1.807) is 0 Å². The second-order valence-corrected chi connectivity index (χ2v) is 21.0. The van der Waals surface area contributed by atoms with Gasteiger partial charge in [-0.25, -0.2) is 0 Å². The van der Waals surface area contributed by atoms with Gasteiger partial charge < -0.3 is 18.7 Å². The molecule has 0 spiro atoms. The van der Waals surface area contributed by atoms with Crippen LogP contribution in [-0.2, 0) is 13.6 Å². The van der Waals surface area contributed by atoms with Crippen LogP contribution in [0.15, 0.2) is 0 Å². The zero-order chi connectivity index (χ0) is 20.1. The minimum atomic E-state index is -1.85. The average Bonchev–Trinajstić information content (AvgIpc) is 2.89. The van der Waals surface area contributed by atoms with E-state index in [0.29, 0.717) is 18.3 Å². The Kier molecular flexibility index (Phi) is 6.30. The van der Waals surface area contributed by atoms with Crippen molar-refractivity contribution in [2.24, 2.45) is 11.8 Å². The molecule has 1 saturated carbocycles. The predicted molar refractivity (Wildman–Crippen MR) is 112 cm³/mol. The lowest BCUT2D eigenvalue weighted by molar-refractivity contribution is -0.0947. The lowest BCUT2D eigenvalue weighted by atomic mass is 9.93. The lowest BCUT2D eigenvalue weighted by Crippen LogP contribution is -2.47. The number of aliphatic hydroxyl groups excluding tert-OH is 1. The minimum absolute atomic E-state index is 0.118. The maximum Gasteiger partial charge on any atom is 0.192 e. The molecule has 1 saturated heterocycles. The van der Waals surface area contributed by atoms with Crippen LogP contribution in [0.5, 0.6) is 0 Å². The molecule has 0 bridgehead atoms. The third-order valence-corrected chi connectivity index (χ3v) is 16.5. The lowest BCUT2D eigenvalue weighted by Gasteiger charge is -2.42. The van der Waals surface area contributed by atoms with Gasteiger partial charge in [0, 0.05) is 18.9 Å². The van der Waals surface area contributed by atoms with Crippen molar-refractivity contribution in [1.29, 1.82) is 0 Å². The van der Waals surface area contributed by atoms with Crippen LogP contribution >= 0.6 is 0 Å². The van der Waals surface area contributed by atoms with Gasteiger partial charge in [0.15, 0.2) is 22.9 Å². The highest BCUT2D eigenvalue weighted by Gasteiger charge is 2.53. The normalized spacial score (nSPS) is 33.6. The predicted octanol–water partition coefficient (Wildman–Crippen LogP) is 5.14. The van der Waals surface area contributed by atoms with Gasteiger partial charge in [-0.1, -0.05) is 41.5 Å². The molecule has 0 aromatic carbocycles. The summed E-state index contributed by atoms with van der Waals surface area (Å²) in [4.78, 5) is 0. The van der Waals surface area contributed by atoms with Gasteiger partial charge in [-0.05, 0) is 48.6 Å². The maximum absolute atomic E-state index is 9.97. The van der Waals surface area contributed by atoms with Gasteiger partial charge in [-0.2, -0.15) is 0 Å². The maximum atomic E-state index is 9.97. The van der Waals surface area contributed by atoms with E-state index in [-0.39, 0.29) is 22.3 Å². The molecule has 5 atom stereocenters. The Morgan fingerprint density at radius 3 is 1.96 bits per heavy atom. The van der Waals surface area contributed by atoms with Crippen LogP contribution in [-0.4, -0.2) is 46.8 Å². The fourth-order valence-corrected chi connectivity index (χ4v) is 5.97. The van der Waals surface area contributed by atoms with Crippen molar-refractivity contribution in [3.05, 3.63) is 0 Å². The fourth-order valence-electron chi connectivity index (χ4n) is 3.55. The second kappa shape index (κ2) is 7.27. The van der Waals surface area contributed by atoms with Gasteiger partial charge in [0.2, 0.25) is 0 Å². The zero-order valence-electron chi connectivity index (χ0n) is 18.7. The van der Waals surface area contributed by atoms with Crippen molar-refractivity contribution in [3.63, 3.8) is 0 Å². The highest BCUT2D eigenvalue weighted by atomic mass is 28.4. The SMILES string of the molecule is CC(C)(C)[Si](C)(C)OC[C@H]1[C@@H]2CC(O)O[C@@H]2C[C@@H]1O[Si](C)(C)C(C)(C)C.